The second kappa shape index (κ2) is 5.93. The lowest BCUT2D eigenvalue weighted by molar-refractivity contribution is -0.122. The number of nitrogens with zero attached hydrogens (tertiary/aromatic N) is 1. The summed E-state index contributed by atoms with van der Waals surface area (Å²) in [7, 11) is 0. The van der Waals surface area contributed by atoms with Crippen LogP contribution in [0, 0.1) is 5.82 Å². The second-order valence-corrected chi connectivity index (χ2v) is 4.55. The number of nitrogens with one attached hydrogen (secondary N) is 1. The maximum absolute atomic E-state index is 13.3. The van der Waals surface area contributed by atoms with Gasteiger partial charge in [-0.1, -0.05) is 18.2 Å². The van der Waals surface area contributed by atoms with Gasteiger partial charge >= 0.3 is 0 Å². The van der Waals surface area contributed by atoms with Crippen LogP contribution in [0.1, 0.15) is 12.0 Å². The third kappa shape index (κ3) is 3.51. The van der Waals surface area contributed by atoms with Crippen molar-refractivity contribution in [2.45, 2.75) is 19.1 Å². The van der Waals surface area contributed by atoms with Crippen molar-refractivity contribution in [1.82, 2.24) is 10.2 Å². The molecule has 1 aliphatic rings. The molecule has 5 heteroatoms. The minimum Gasteiger partial charge on any atom is -0.392 e. The zero-order chi connectivity index (χ0) is 13.0. The molecule has 1 fully saturated rings. The highest BCUT2D eigenvalue weighted by Crippen LogP contribution is 2.08. The van der Waals surface area contributed by atoms with Crippen molar-refractivity contribution >= 4 is 5.91 Å². The van der Waals surface area contributed by atoms with Crippen molar-refractivity contribution in [3.63, 3.8) is 0 Å². The van der Waals surface area contributed by atoms with E-state index in [0.29, 0.717) is 18.5 Å². The van der Waals surface area contributed by atoms with Crippen LogP contribution in [0.2, 0.25) is 0 Å². The largest absolute Gasteiger partial charge is 0.392 e. The van der Waals surface area contributed by atoms with Crippen LogP contribution >= 0.6 is 0 Å². The highest BCUT2D eigenvalue weighted by Gasteiger charge is 2.21. The van der Waals surface area contributed by atoms with Crippen LogP contribution in [0.25, 0.3) is 0 Å². The molecule has 1 aliphatic heterocycles. The zero-order valence-electron chi connectivity index (χ0n) is 10.1. The smallest absolute Gasteiger partial charge is 0.234 e. The van der Waals surface area contributed by atoms with Crippen LogP contribution in [0.5, 0.6) is 0 Å². The Kier molecular flexibility index (Phi) is 4.28. The summed E-state index contributed by atoms with van der Waals surface area (Å²) in [4.78, 5) is 13.5. The van der Waals surface area contributed by atoms with E-state index in [0.717, 1.165) is 6.54 Å². The summed E-state index contributed by atoms with van der Waals surface area (Å²) in [6.07, 6.45) is 0.380. The van der Waals surface area contributed by atoms with Gasteiger partial charge in [-0.25, -0.2) is 4.39 Å². The number of rotatable bonds is 4. The topological polar surface area (TPSA) is 52.6 Å². The zero-order valence-corrected chi connectivity index (χ0v) is 10.1. The van der Waals surface area contributed by atoms with Crippen molar-refractivity contribution in [1.29, 1.82) is 0 Å². The van der Waals surface area contributed by atoms with Gasteiger partial charge in [0.15, 0.2) is 0 Å². The van der Waals surface area contributed by atoms with Gasteiger partial charge in [0.05, 0.1) is 12.6 Å². The molecule has 1 amide bonds. The molecular weight excluding hydrogens is 235 g/mol. The molecule has 0 spiro atoms. The van der Waals surface area contributed by atoms with Gasteiger partial charge in [-0.15, -0.1) is 0 Å². The number of benzene rings is 1. The molecule has 0 radical (unpaired) electrons. The molecule has 0 saturated carbocycles. The summed E-state index contributed by atoms with van der Waals surface area (Å²) in [6.45, 7) is 1.72. The molecule has 0 bridgehead atoms. The first-order valence-electron chi connectivity index (χ1n) is 6.05. The summed E-state index contributed by atoms with van der Waals surface area (Å²) in [6, 6.07) is 6.38. The first-order chi connectivity index (χ1) is 8.65. The van der Waals surface area contributed by atoms with Crippen LogP contribution in [-0.4, -0.2) is 41.7 Å². The summed E-state index contributed by atoms with van der Waals surface area (Å²) in [5.74, 6) is -0.457. The molecule has 1 heterocycles. The van der Waals surface area contributed by atoms with E-state index in [-0.39, 0.29) is 30.9 Å². The number of aliphatic hydroxyl groups is 1. The average Bonchev–Trinajstić information content (AvgIpc) is 2.74. The fourth-order valence-corrected chi connectivity index (χ4v) is 2.05. The predicted molar refractivity (Wildman–Crippen MR) is 65.3 cm³/mol. The summed E-state index contributed by atoms with van der Waals surface area (Å²) >= 11 is 0. The maximum atomic E-state index is 13.3. The van der Waals surface area contributed by atoms with E-state index < -0.39 is 0 Å². The molecule has 98 valence electrons. The molecule has 1 atom stereocenters. The summed E-state index contributed by atoms with van der Waals surface area (Å²) in [5, 5.41) is 12.0. The molecule has 2 N–H and O–H groups in total. The number of carbonyl (C=O) groups excluding carboxylic acids is 1. The normalized spacial score (nSPS) is 20.0. The fourth-order valence-electron chi connectivity index (χ4n) is 2.05. The van der Waals surface area contributed by atoms with Gasteiger partial charge in [0.25, 0.3) is 0 Å². The van der Waals surface area contributed by atoms with Crippen molar-refractivity contribution in [3.8, 4) is 0 Å². The lowest BCUT2D eigenvalue weighted by atomic mass is 10.2. The maximum Gasteiger partial charge on any atom is 0.234 e. The Bertz CT molecular complexity index is 425. The summed E-state index contributed by atoms with van der Waals surface area (Å²) in [5.41, 5.74) is 0.479. The van der Waals surface area contributed by atoms with Crippen molar-refractivity contribution in [2.24, 2.45) is 0 Å². The van der Waals surface area contributed by atoms with Crippen LogP contribution in [-0.2, 0) is 11.3 Å². The number of hydrogen-bond donors (Lipinski definition) is 2. The van der Waals surface area contributed by atoms with E-state index in [1.807, 2.05) is 4.90 Å². The molecule has 2 rings (SSSR count). The monoisotopic (exact) mass is 252 g/mol. The van der Waals surface area contributed by atoms with Crippen LogP contribution < -0.4 is 5.32 Å². The average molecular weight is 252 g/mol. The number of β-amino-alcohol motifs (C(OH)–C–C–N with tert-alkyl or cyclic N) is 1. The van der Waals surface area contributed by atoms with E-state index in [9.17, 15) is 14.3 Å². The molecule has 1 saturated heterocycles. The number of halogens is 1. The van der Waals surface area contributed by atoms with Gasteiger partial charge in [0.1, 0.15) is 5.82 Å². The minimum atomic E-state index is -0.329. The third-order valence-corrected chi connectivity index (χ3v) is 3.05. The van der Waals surface area contributed by atoms with Crippen molar-refractivity contribution in [3.05, 3.63) is 35.6 Å². The number of amides is 1. The van der Waals surface area contributed by atoms with Crippen molar-refractivity contribution < 1.29 is 14.3 Å². The number of hydrogen-bond acceptors (Lipinski definition) is 3. The summed E-state index contributed by atoms with van der Waals surface area (Å²) < 4.78 is 13.3. The lowest BCUT2D eigenvalue weighted by Gasteiger charge is -2.14. The highest BCUT2D eigenvalue weighted by molar-refractivity contribution is 5.78. The van der Waals surface area contributed by atoms with Gasteiger partial charge in [-0.2, -0.15) is 0 Å². The van der Waals surface area contributed by atoms with E-state index in [1.54, 1.807) is 18.2 Å². The molecule has 18 heavy (non-hydrogen) atoms. The van der Waals surface area contributed by atoms with E-state index >= 15 is 0 Å². The van der Waals surface area contributed by atoms with Gasteiger partial charge in [0.2, 0.25) is 5.91 Å². The Morgan fingerprint density at radius 2 is 2.28 bits per heavy atom. The fraction of sp³-hybridized carbons (Fsp3) is 0.462. The Hall–Kier alpha value is -1.46. The van der Waals surface area contributed by atoms with Gasteiger partial charge in [-0.05, 0) is 12.5 Å². The Balaban J connectivity index is 1.77. The SMILES string of the molecule is O=C(CN1CC[C@@H](O)C1)NCc1ccccc1F. The highest BCUT2D eigenvalue weighted by atomic mass is 19.1. The van der Waals surface area contributed by atoms with Crippen LogP contribution in [0.4, 0.5) is 4.39 Å². The van der Waals surface area contributed by atoms with Crippen molar-refractivity contribution in [2.75, 3.05) is 19.6 Å². The Morgan fingerprint density at radius 3 is 2.94 bits per heavy atom. The first kappa shape index (κ1) is 13.0. The Labute approximate surface area is 105 Å². The number of aliphatic hydroxyl groups excluding tert-OH is 1. The molecule has 0 aromatic heterocycles. The molecule has 4 nitrogen and oxygen atoms in total. The van der Waals surface area contributed by atoms with Crippen LogP contribution in [0.15, 0.2) is 24.3 Å². The molecule has 0 aliphatic carbocycles. The first-order valence-corrected chi connectivity index (χ1v) is 6.05. The Morgan fingerprint density at radius 1 is 1.50 bits per heavy atom. The predicted octanol–water partition coefficient (Wildman–Crippen LogP) is 0.508. The van der Waals surface area contributed by atoms with E-state index in [4.69, 9.17) is 0 Å². The second-order valence-electron chi connectivity index (χ2n) is 4.55. The minimum absolute atomic E-state index is 0.146. The molecule has 1 aromatic rings. The van der Waals surface area contributed by atoms with Crippen LogP contribution in [0.3, 0.4) is 0 Å². The molecular formula is C13H17FN2O2. The van der Waals surface area contributed by atoms with E-state index in [2.05, 4.69) is 5.32 Å². The third-order valence-electron chi connectivity index (χ3n) is 3.05. The van der Waals surface area contributed by atoms with Gasteiger partial charge in [0, 0.05) is 25.2 Å². The standard InChI is InChI=1S/C13H17FN2O2/c14-12-4-2-1-3-10(12)7-15-13(18)9-16-6-5-11(17)8-16/h1-4,11,17H,5-9H2,(H,15,18)/t11-/m1/s1. The van der Waals surface area contributed by atoms with E-state index in [1.165, 1.54) is 6.07 Å². The van der Waals surface area contributed by atoms with Gasteiger partial charge in [-0.3, -0.25) is 9.69 Å². The molecule has 0 unspecified atom stereocenters. The molecule has 1 aromatic carbocycles. The lowest BCUT2D eigenvalue weighted by Crippen LogP contribution is -2.36. The number of carbonyl (C=O) groups is 1. The number of likely N-dealkylation sites (tertiary alicyclic amines) is 1. The van der Waals surface area contributed by atoms with Gasteiger partial charge < -0.3 is 10.4 Å². The quantitative estimate of drug-likeness (QED) is 0.821.